The van der Waals surface area contributed by atoms with Crippen molar-refractivity contribution in [1.29, 1.82) is 5.26 Å². The van der Waals surface area contributed by atoms with Crippen LogP contribution in [0.5, 0.6) is 0 Å². The number of piperidine rings is 1. The van der Waals surface area contributed by atoms with E-state index < -0.39 is 77.9 Å². The monoisotopic (exact) mass is 987 g/mol. The molecule has 0 spiro atoms. The van der Waals surface area contributed by atoms with E-state index in [9.17, 15) is 39.8 Å². The number of aliphatic hydroxyl groups excluding tert-OH is 2. The quantitative estimate of drug-likeness (QED) is 0.105. The minimum absolute atomic E-state index is 0.0109. The van der Waals surface area contributed by atoms with Gasteiger partial charge in [-0.25, -0.2) is 4.79 Å². The van der Waals surface area contributed by atoms with E-state index in [1.54, 1.807) is 45.2 Å². The molecule has 2 bridgehead atoms. The van der Waals surface area contributed by atoms with Gasteiger partial charge in [0.2, 0.25) is 5.79 Å². The standard InChI is InChI=1S/C56H82N4O11/c1-34-15-10-9-11-16-35(2)45(59-43-18-14-17-41(30-43)33-57)32-44-23-20-39(6)56(67,71-44)53(64)54(65)60-26-13-12-19-46(60)55(66)70-48(36(3)28-40-21-24-47(61)49(31-40)68-7)25-22-42(58)29-38(5)51(63)52(69-8)50(62)37(4)27-34/h9-11,14-18,29-30,34,36-37,39-40,42,44-49,51-52,59,61,63,67H,12-13,19-28,31-32,58H2,1-8H3/b11-9+,15-10+,35-16+,38-29+/t34-,36-,37?,39?,40?,42+,44+,45-,46?,47-,48+,49?,51?,52+,56?/m1/s1. The maximum atomic E-state index is 14.5. The van der Waals surface area contributed by atoms with E-state index in [1.165, 1.54) is 12.0 Å². The van der Waals surface area contributed by atoms with E-state index in [2.05, 4.69) is 11.4 Å². The number of hydrogen-bond acceptors (Lipinski definition) is 14. The van der Waals surface area contributed by atoms with E-state index in [1.807, 2.05) is 64.1 Å². The molecule has 3 aliphatic heterocycles. The van der Waals surface area contributed by atoms with Crippen LogP contribution in [0.3, 0.4) is 0 Å². The SMILES string of the molecule is COC1CC(C[C@@H](C)[C@@H]2CC[C@H](N)/C=C(\C)C(O)[C@@H](OC)C(=O)C(C)C[C@H](C)/C=C/C=C/C=C(\C)[C@H](Nc3cccc(C#N)c3)C[C@@H]3CCC(C)C(O)(O3)C(=O)C(=O)N3CCCCC3C(=O)O2)CC[C@H]1O. The van der Waals surface area contributed by atoms with Gasteiger partial charge in [0.05, 0.1) is 29.9 Å². The van der Waals surface area contributed by atoms with Crippen LogP contribution in [0.15, 0.2) is 71.9 Å². The molecule has 1 amide bonds. The van der Waals surface area contributed by atoms with Gasteiger partial charge in [-0.2, -0.15) is 5.26 Å². The lowest BCUT2D eigenvalue weighted by Crippen LogP contribution is -2.61. The van der Waals surface area contributed by atoms with Crippen LogP contribution in [-0.2, 0) is 38.1 Å². The third-order valence-corrected chi connectivity index (χ3v) is 15.4. The Morgan fingerprint density at radius 1 is 0.930 bits per heavy atom. The number of benzene rings is 1. The number of carbonyl (C=O) groups is 4. The molecule has 71 heavy (non-hydrogen) atoms. The second-order valence-corrected chi connectivity index (χ2v) is 21.0. The first-order valence-electron chi connectivity index (χ1n) is 25.9. The summed E-state index contributed by atoms with van der Waals surface area (Å²) in [5, 5.41) is 47.3. The zero-order chi connectivity index (χ0) is 52.0. The number of nitrogens with two attached hydrogens (primary N) is 1. The third-order valence-electron chi connectivity index (χ3n) is 15.4. The summed E-state index contributed by atoms with van der Waals surface area (Å²) >= 11 is 0. The number of hydrogen-bond donors (Lipinski definition) is 5. The number of Topliss-reactive ketones (excluding diaryl/α,β-unsaturated/α-hetero) is 2. The largest absolute Gasteiger partial charge is 0.461 e. The number of carbonyl (C=O) groups excluding carboxylic acids is 4. The van der Waals surface area contributed by atoms with Gasteiger partial charge in [0.25, 0.3) is 11.7 Å². The highest BCUT2D eigenvalue weighted by Gasteiger charge is 2.53. The lowest BCUT2D eigenvalue weighted by Gasteiger charge is -2.43. The van der Waals surface area contributed by atoms with Crippen molar-refractivity contribution >= 4 is 29.1 Å². The molecule has 1 saturated carbocycles. The average Bonchev–Trinajstić information content (AvgIpc) is 3.35. The molecule has 1 aromatic rings. The summed E-state index contributed by atoms with van der Waals surface area (Å²) in [6.07, 6.45) is 13.4. The molecule has 15 heteroatoms. The number of nitriles is 1. The maximum absolute atomic E-state index is 14.5. The van der Waals surface area contributed by atoms with Crippen molar-refractivity contribution in [3.8, 4) is 6.07 Å². The second-order valence-electron chi connectivity index (χ2n) is 21.0. The molecule has 3 heterocycles. The fourth-order valence-electron chi connectivity index (χ4n) is 10.9. The number of esters is 1. The van der Waals surface area contributed by atoms with Crippen LogP contribution in [0.4, 0.5) is 5.69 Å². The van der Waals surface area contributed by atoms with Crippen molar-refractivity contribution in [3.63, 3.8) is 0 Å². The predicted molar refractivity (Wildman–Crippen MR) is 271 cm³/mol. The Hall–Kier alpha value is -4.53. The fraction of sp³-hybridized carbons (Fsp3) is 0.661. The van der Waals surface area contributed by atoms with Crippen molar-refractivity contribution in [2.24, 2.45) is 35.3 Å². The van der Waals surface area contributed by atoms with E-state index in [0.717, 1.165) is 12.0 Å². The van der Waals surface area contributed by atoms with Crippen LogP contribution < -0.4 is 11.1 Å². The highest BCUT2D eigenvalue weighted by molar-refractivity contribution is 6.39. The molecule has 15 nitrogen and oxygen atoms in total. The van der Waals surface area contributed by atoms with Gasteiger partial charge < -0.3 is 50.2 Å². The zero-order valence-corrected chi connectivity index (χ0v) is 43.3. The molecule has 3 fully saturated rings. The maximum Gasteiger partial charge on any atom is 0.329 e. The van der Waals surface area contributed by atoms with Crippen LogP contribution in [-0.4, -0.2) is 125 Å². The first-order valence-corrected chi connectivity index (χ1v) is 25.9. The number of ketones is 2. The van der Waals surface area contributed by atoms with Crippen molar-refractivity contribution in [1.82, 2.24) is 4.90 Å². The molecule has 2 saturated heterocycles. The van der Waals surface area contributed by atoms with Gasteiger partial charge in [0.1, 0.15) is 24.4 Å². The number of allylic oxidation sites excluding steroid dienone is 5. The Kier molecular flexibility index (Phi) is 21.8. The summed E-state index contributed by atoms with van der Waals surface area (Å²) in [5.41, 5.74) is 9.24. The first-order chi connectivity index (χ1) is 33.8. The van der Waals surface area contributed by atoms with Crippen LogP contribution in [0.2, 0.25) is 0 Å². The van der Waals surface area contributed by atoms with Gasteiger partial charge in [-0.3, -0.25) is 14.4 Å². The Balaban J connectivity index is 1.49. The number of rotatable bonds is 7. The number of nitrogens with zero attached hydrogens (tertiary/aromatic N) is 2. The molecule has 15 atom stereocenters. The third kappa shape index (κ3) is 15.5. The van der Waals surface area contributed by atoms with Gasteiger partial charge >= 0.3 is 5.97 Å². The number of amides is 1. The smallest absolute Gasteiger partial charge is 0.329 e. The highest BCUT2D eigenvalue weighted by atomic mass is 16.6. The Bertz CT molecular complexity index is 2130. The lowest BCUT2D eigenvalue weighted by molar-refractivity contribution is -0.263. The normalized spacial score (nSPS) is 37.7. The van der Waals surface area contributed by atoms with Crippen LogP contribution in [0, 0.1) is 40.9 Å². The zero-order valence-electron chi connectivity index (χ0n) is 43.3. The van der Waals surface area contributed by atoms with Crippen LogP contribution in [0.1, 0.15) is 131 Å². The lowest BCUT2D eigenvalue weighted by atomic mass is 9.78. The molecular weight excluding hydrogens is 905 g/mol. The number of cyclic esters (lactones) is 1. The Morgan fingerprint density at radius 2 is 1.69 bits per heavy atom. The summed E-state index contributed by atoms with van der Waals surface area (Å²) in [6, 6.07) is 7.21. The molecule has 5 rings (SSSR count). The van der Waals surface area contributed by atoms with Crippen LogP contribution >= 0.6 is 0 Å². The van der Waals surface area contributed by atoms with Crippen molar-refractivity contribution < 1.29 is 53.4 Å². The number of nitrogens with one attached hydrogen (secondary N) is 1. The first kappa shape index (κ1) is 57.4. The minimum atomic E-state index is -2.46. The summed E-state index contributed by atoms with van der Waals surface area (Å²) in [6.45, 7) is 11.3. The van der Waals surface area contributed by atoms with E-state index in [-0.39, 0.29) is 48.6 Å². The molecule has 392 valence electrons. The topological polar surface area (TPSA) is 231 Å². The number of aliphatic hydroxyl groups is 3. The molecule has 1 aliphatic carbocycles. The van der Waals surface area contributed by atoms with Gasteiger partial charge in [0.15, 0.2) is 5.78 Å². The van der Waals surface area contributed by atoms with Crippen molar-refractivity contribution in [3.05, 3.63) is 77.4 Å². The van der Waals surface area contributed by atoms with Gasteiger partial charge in [0, 0.05) is 50.4 Å². The Labute approximate surface area is 421 Å². The van der Waals surface area contributed by atoms with E-state index in [4.69, 9.17) is 24.7 Å². The molecule has 0 radical (unpaired) electrons. The summed E-state index contributed by atoms with van der Waals surface area (Å²) in [7, 11) is 3.00. The second kappa shape index (κ2) is 27.0. The molecule has 1 aromatic carbocycles. The van der Waals surface area contributed by atoms with E-state index >= 15 is 0 Å². The highest BCUT2D eigenvalue weighted by Crippen LogP contribution is 2.38. The predicted octanol–water partition coefficient (Wildman–Crippen LogP) is 7.03. The molecule has 4 aliphatic rings. The summed E-state index contributed by atoms with van der Waals surface area (Å²) in [5.74, 6) is -6.59. The number of fused-ring (bicyclic) bond motifs is 3. The summed E-state index contributed by atoms with van der Waals surface area (Å²) in [4.78, 5) is 58.4. The van der Waals surface area contributed by atoms with E-state index in [0.29, 0.717) is 87.5 Å². The molecule has 7 unspecified atom stereocenters. The van der Waals surface area contributed by atoms with Crippen molar-refractivity contribution in [2.75, 3.05) is 26.1 Å². The number of methoxy groups -OCH3 is 2. The van der Waals surface area contributed by atoms with Gasteiger partial charge in [-0.1, -0.05) is 75.8 Å². The molecule has 0 aromatic heterocycles. The fourth-order valence-corrected chi connectivity index (χ4v) is 10.9. The Morgan fingerprint density at radius 3 is 2.41 bits per heavy atom. The van der Waals surface area contributed by atoms with Gasteiger partial charge in [-0.05, 0) is 139 Å². The molecular formula is C56H82N4O11. The van der Waals surface area contributed by atoms with Crippen LogP contribution in [0.25, 0.3) is 0 Å². The molecule has 6 N–H and O–H groups in total. The minimum Gasteiger partial charge on any atom is -0.461 e. The number of anilines is 1. The summed E-state index contributed by atoms with van der Waals surface area (Å²) < 4.78 is 23.9. The van der Waals surface area contributed by atoms with Gasteiger partial charge in [-0.15, -0.1) is 0 Å². The average molecular weight is 987 g/mol. The van der Waals surface area contributed by atoms with Crippen molar-refractivity contribution in [2.45, 2.75) is 186 Å². The number of ether oxygens (including phenoxy) is 4.